The molecule has 0 saturated carbocycles. The fourth-order valence-corrected chi connectivity index (χ4v) is 3.06. The Morgan fingerprint density at radius 3 is 2.40 bits per heavy atom. The van der Waals surface area contributed by atoms with Gasteiger partial charge in [0.25, 0.3) is 5.69 Å². The first-order chi connectivity index (χ1) is 11.8. The molecule has 0 spiro atoms. The van der Waals surface area contributed by atoms with Crippen LogP contribution in [0.15, 0.2) is 47.4 Å². The van der Waals surface area contributed by atoms with Gasteiger partial charge in [-0.25, -0.2) is 13.1 Å². The molecule has 10 heteroatoms. The number of halogens is 1. The van der Waals surface area contributed by atoms with Gasteiger partial charge in [-0.1, -0.05) is 23.7 Å². The van der Waals surface area contributed by atoms with Gasteiger partial charge in [0, 0.05) is 11.1 Å². The van der Waals surface area contributed by atoms with E-state index in [9.17, 15) is 23.6 Å². The number of aliphatic hydroxyl groups is 1. The number of hydrogen-bond acceptors (Lipinski definition) is 6. The molecular weight excluding hydrogens is 370 g/mol. The van der Waals surface area contributed by atoms with Crippen molar-refractivity contribution in [2.75, 3.05) is 19.0 Å². The van der Waals surface area contributed by atoms with E-state index in [-0.39, 0.29) is 17.2 Å². The van der Waals surface area contributed by atoms with E-state index < -0.39 is 26.7 Å². The topological polar surface area (TPSA) is 122 Å². The zero-order chi connectivity index (χ0) is 18.6. The summed E-state index contributed by atoms with van der Waals surface area (Å²) in [6, 6.07) is 9.52. The molecule has 0 aliphatic carbocycles. The lowest BCUT2D eigenvalue weighted by Gasteiger charge is -2.18. The van der Waals surface area contributed by atoms with Gasteiger partial charge in [0.05, 0.1) is 22.5 Å². The second kappa shape index (κ2) is 7.79. The van der Waals surface area contributed by atoms with Crippen molar-refractivity contribution < 1.29 is 18.4 Å². The first-order valence-corrected chi connectivity index (χ1v) is 8.99. The number of aliphatic hydroxyl groups excluding tert-OH is 1. The molecule has 0 aliphatic rings. The minimum Gasteiger partial charge on any atom is -0.394 e. The van der Waals surface area contributed by atoms with Crippen LogP contribution in [0.25, 0.3) is 0 Å². The van der Waals surface area contributed by atoms with Crippen molar-refractivity contribution in [3.05, 3.63) is 63.2 Å². The summed E-state index contributed by atoms with van der Waals surface area (Å²) < 4.78 is 25.7. The van der Waals surface area contributed by atoms with Crippen LogP contribution in [0.5, 0.6) is 0 Å². The van der Waals surface area contributed by atoms with Crippen LogP contribution in [0.4, 0.5) is 11.4 Å². The monoisotopic (exact) mass is 385 g/mol. The molecule has 0 heterocycles. The highest BCUT2D eigenvalue weighted by Gasteiger charge is 2.22. The third-order valence-electron chi connectivity index (χ3n) is 3.53. The molecule has 0 aromatic heterocycles. The second-order valence-corrected chi connectivity index (χ2v) is 7.40. The minimum absolute atomic E-state index is 0.0917. The molecule has 0 radical (unpaired) electrons. The van der Waals surface area contributed by atoms with Crippen molar-refractivity contribution in [1.29, 1.82) is 0 Å². The van der Waals surface area contributed by atoms with Crippen LogP contribution in [0.1, 0.15) is 11.6 Å². The normalized spacial score (nSPS) is 12.6. The van der Waals surface area contributed by atoms with Crippen LogP contribution in [0.3, 0.4) is 0 Å². The highest BCUT2D eigenvalue weighted by Crippen LogP contribution is 2.31. The van der Waals surface area contributed by atoms with Gasteiger partial charge in [0.1, 0.15) is 5.69 Å². The van der Waals surface area contributed by atoms with Gasteiger partial charge in [-0.3, -0.25) is 10.1 Å². The molecule has 2 aromatic carbocycles. The van der Waals surface area contributed by atoms with Crippen molar-refractivity contribution in [2.24, 2.45) is 0 Å². The molecule has 0 fully saturated rings. The summed E-state index contributed by atoms with van der Waals surface area (Å²) in [5, 5.41) is 24.3. The van der Waals surface area contributed by atoms with Crippen LogP contribution in [0.2, 0.25) is 5.02 Å². The zero-order valence-electron chi connectivity index (χ0n) is 13.1. The number of benzene rings is 2. The number of nitrogens with zero attached hydrogens (tertiary/aromatic N) is 1. The van der Waals surface area contributed by atoms with Gasteiger partial charge < -0.3 is 10.4 Å². The number of sulfonamides is 1. The van der Waals surface area contributed by atoms with Crippen molar-refractivity contribution in [3.63, 3.8) is 0 Å². The predicted molar refractivity (Wildman–Crippen MR) is 94.2 cm³/mol. The van der Waals surface area contributed by atoms with Crippen molar-refractivity contribution >= 4 is 33.0 Å². The average Bonchev–Trinajstić information content (AvgIpc) is 2.60. The molecule has 2 aromatic rings. The zero-order valence-corrected chi connectivity index (χ0v) is 14.7. The fraction of sp³-hybridized carbons (Fsp3) is 0.200. The third kappa shape index (κ3) is 4.45. The lowest BCUT2D eigenvalue weighted by atomic mass is 10.1. The maximum absolute atomic E-state index is 11.8. The van der Waals surface area contributed by atoms with Gasteiger partial charge >= 0.3 is 0 Å². The van der Waals surface area contributed by atoms with E-state index >= 15 is 0 Å². The van der Waals surface area contributed by atoms with Gasteiger partial charge in [-0.15, -0.1) is 0 Å². The van der Waals surface area contributed by atoms with Crippen molar-refractivity contribution in [3.8, 4) is 0 Å². The van der Waals surface area contributed by atoms with Gasteiger partial charge in [-0.05, 0) is 36.9 Å². The summed E-state index contributed by atoms with van der Waals surface area (Å²) in [7, 11) is -2.59. The average molecular weight is 386 g/mol. The largest absolute Gasteiger partial charge is 0.394 e. The van der Waals surface area contributed by atoms with E-state index in [0.717, 1.165) is 6.07 Å². The highest BCUT2D eigenvalue weighted by atomic mass is 35.5. The highest BCUT2D eigenvalue weighted by molar-refractivity contribution is 7.89. The Morgan fingerprint density at radius 1 is 1.24 bits per heavy atom. The Balaban J connectivity index is 2.40. The van der Waals surface area contributed by atoms with Crippen LogP contribution in [0, 0.1) is 10.1 Å². The maximum atomic E-state index is 11.8. The summed E-state index contributed by atoms with van der Waals surface area (Å²) in [6.45, 7) is -0.324. The second-order valence-electron chi connectivity index (χ2n) is 5.07. The van der Waals surface area contributed by atoms with Crippen LogP contribution >= 0.6 is 11.6 Å². The quantitative estimate of drug-likeness (QED) is 0.496. The lowest BCUT2D eigenvalue weighted by Crippen LogP contribution is -2.19. The van der Waals surface area contributed by atoms with Gasteiger partial charge in [-0.2, -0.15) is 0 Å². The number of nitro groups is 1. The smallest absolute Gasteiger partial charge is 0.293 e. The molecule has 3 N–H and O–H groups in total. The molecule has 0 amide bonds. The van der Waals surface area contributed by atoms with Crippen molar-refractivity contribution in [2.45, 2.75) is 10.9 Å². The molecule has 25 heavy (non-hydrogen) atoms. The third-order valence-corrected chi connectivity index (χ3v) is 5.19. The first kappa shape index (κ1) is 19.1. The molecule has 0 bridgehead atoms. The van der Waals surface area contributed by atoms with E-state index in [1.807, 2.05) is 0 Å². The number of hydrogen-bond donors (Lipinski definition) is 3. The number of rotatable bonds is 7. The van der Waals surface area contributed by atoms with E-state index in [4.69, 9.17) is 11.6 Å². The summed E-state index contributed by atoms with van der Waals surface area (Å²) in [6.07, 6.45) is 0. The molecule has 1 atom stereocenters. The van der Waals surface area contributed by atoms with Gasteiger partial charge in [0.2, 0.25) is 10.0 Å². The number of anilines is 1. The Labute approximate surface area is 149 Å². The molecule has 134 valence electrons. The number of nitrogens with one attached hydrogen (secondary N) is 2. The predicted octanol–water partition coefficient (Wildman–Crippen LogP) is 2.30. The van der Waals surface area contributed by atoms with Crippen LogP contribution < -0.4 is 10.0 Å². The molecule has 0 saturated heterocycles. The molecule has 0 aliphatic heterocycles. The Bertz CT molecular complexity index is 871. The Morgan fingerprint density at radius 2 is 1.88 bits per heavy atom. The van der Waals surface area contributed by atoms with E-state index in [0.29, 0.717) is 10.6 Å². The Kier molecular flexibility index (Phi) is 5.96. The first-order valence-electron chi connectivity index (χ1n) is 7.13. The molecule has 8 nitrogen and oxygen atoms in total. The summed E-state index contributed by atoms with van der Waals surface area (Å²) in [5.41, 5.74) is 0.353. The van der Waals surface area contributed by atoms with E-state index in [1.54, 1.807) is 24.3 Å². The molecule has 1 unspecified atom stereocenters. The van der Waals surface area contributed by atoms with Gasteiger partial charge in [0.15, 0.2) is 0 Å². The minimum atomic E-state index is -3.81. The maximum Gasteiger partial charge on any atom is 0.293 e. The molecule has 2 rings (SSSR count). The van der Waals surface area contributed by atoms with Crippen LogP contribution in [-0.4, -0.2) is 32.1 Å². The summed E-state index contributed by atoms with van der Waals surface area (Å²) in [4.78, 5) is 10.4. The van der Waals surface area contributed by atoms with E-state index in [2.05, 4.69) is 10.0 Å². The lowest BCUT2D eigenvalue weighted by molar-refractivity contribution is -0.384. The standard InChI is InChI=1S/C15H16ClN3O5S/c1-17-25(23,24)12-6-7-13(15(8-12)19(21)22)18-14(9-20)10-2-4-11(16)5-3-10/h2-8,14,17-18,20H,9H2,1H3. The Hall–Kier alpha value is -2.20. The fourth-order valence-electron chi connectivity index (χ4n) is 2.19. The van der Waals surface area contributed by atoms with Crippen molar-refractivity contribution in [1.82, 2.24) is 4.72 Å². The summed E-state index contributed by atoms with van der Waals surface area (Å²) >= 11 is 5.83. The molecular formula is C15H16ClN3O5S. The van der Waals surface area contributed by atoms with Crippen LogP contribution in [-0.2, 0) is 10.0 Å². The SMILES string of the molecule is CNS(=O)(=O)c1ccc(NC(CO)c2ccc(Cl)cc2)c([N+](=O)[O-])c1. The summed E-state index contributed by atoms with van der Waals surface area (Å²) in [5.74, 6) is 0. The van der Waals surface area contributed by atoms with E-state index in [1.165, 1.54) is 19.2 Å². The number of nitro benzene ring substituents is 1.